The van der Waals surface area contributed by atoms with Gasteiger partial charge in [0.1, 0.15) is 11.5 Å². The molecule has 0 aliphatic carbocycles. The van der Waals surface area contributed by atoms with E-state index in [1.54, 1.807) is 10.7 Å². The van der Waals surface area contributed by atoms with Crippen LogP contribution in [0.3, 0.4) is 0 Å². The molecule has 7 nitrogen and oxygen atoms in total. The number of halogens is 2. The Labute approximate surface area is 174 Å². The van der Waals surface area contributed by atoms with Gasteiger partial charge in [0.15, 0.2) is 17.3 Å². The zero-order valence-electron chi connectivity index (χ0n) is 16.4. The molecule has 0 spiro atoms. The summed E-state index contributed by atoms with van der Waals surface area (Å²) in [7, 11) is 0. The monoisotopic (exact) mass is 418 g/mol. The maximum atomic E-state index is 15.1. The molecule has 0 bridgehead atoms. The first-order valence-electron chi connectivity index (χ1n) is 9.61. The average Bonchev–Trinajstić information content (AvgIpc) is 3.37. The van der Waals surface area contributed by atoms with Gasteiger partial charge in [0.2, 0.25) is 0 Å². The van der Waals surface area contributed by atoms with Gasteiger partial charge in [0.25, 0.3) is 5.91 Å². The van der Waals surface area contributed by atoms with E-state index in [1.807, 2.05) is 25.3 Å². The van der Waals surface area contributed by atoms with Crippen molar-refractivity contribution in [3.63, 3.8) is 0 Å². The van der Waals surface area contributed by atoms with E-state index in [2.05, 4.69) is 25.6 Å². The van der Waals surface area contributed by atoms with Crippen LogP contribution in [0.4, 0.5) is 14.6 Å². The highest BCUT2D eigenvalue weighted by molar-refractivity contribution is 6.07. The van der Waals surface area contributed by atoms with Crippen molar-refractivity contribution in [1.29, 1.82) is 0 Å². The summed E-state index contributed by atoms with van der Waals surface area (Å²) < 4.78 is 29.8. The molecule has 0 aliphatic rings. The second kappa shape index (κ2) is 7.28. The van der Waals surface area contributed by atoms with Gasteiger partial charge < -0.3 is 5.32 Å². The first-order chi connectivity index (χ1) is 15.0. The number of nitrogens with one attached hydrogen (secondary N) is 2. The number of aromatic nitrogens is 5. The number of hydrogen-bond donors (Lipinski definition) is 2. The molecule has 0 atom stereocenters. The first kappa shape index (κ1) is 18.9. The summed E-state index contributed by atoms with van der Waals surface area (Å²) in [6, 6.07) is 10.3. The number of pyridine rings is 2. The SMILES string of the molecule is CCc1ccn2ncc(-c3nc4[nH]nc(NC(=O)c5ccc(F)cc5)c4cc3F)c2c1. The fourth-order valence-electron chi connectivity index (χ4n) is 3.42. The lowest BCUT2D eigenvalue weighted by atomic mass is 10.1. The fraction of sp³-hybridized carbons (Fsp3) is 0.0909. The van der Waals surface area contributed by atoms with Crippen LogP contribution in [0.5, 0.6) is 0 Å². The predicted molar refractivity (Wildman–Crippen MR) is 112 cm³/mol. The van der Waals surface area contributed by atoms with Crippen molar-refractivity contribution < 1.29 is 13.6 Å². The molecule has 154 valence electrons. The molecule has 2 N–H and O–H groups in total. The molecule has 1 aromatic carbocycles. The van der Waals surface area contributed by atoms with E-state index < -0.39 is 17.5 Å². The third kappa shape index (κ3) is 3.29. The third-order valence-corrected chi connectivity index (χ3v) is 5.09. The molecule has 0 saturated carbocycles. The lowest BCUT2D eigenvalue weighted by Gasteiger charge is -2.05. The molecular formula is C22H16F2N6O. The normalized spacial score (nSPS) is 11.3. The number of hydrogen-bond acceptors (Lipinski definition) is 4. The molecule has 1 amide bonds. The standard InChI is InChI=1S/C22H16F2N6O/c1-2-12-7-8-30-18(9-12)16(11-25-30)19-17(24)10-15-20(26-19)28-29-21(15)27-22(31)13-3-5-14(23)6-4-13/h3-11H,2H2,1H3,(H2,26,27,28,29,31). The van der Waals surface area contributed by atoms with E-state index in [0.717, 1.165) is 17.5 Å². The summed E-state index contributed by atoms with van der Waals surface area (Å²) in [5.74, 6) is -1.37. The average molecular weight is 418 g/mol. The number of benzene rings is 1. The summed E-state index contributed by atoms with van der Waals surface area (Å²) in [5.41, 5.74) is 3.10. The molecule has 31 heavy (non-hydrogen) atoms. The zero-order chi connectivity index (χ0) is 21.5. The Bertz CT molecular complexity index is 1440. The summed E-state index contributed by atoms with van der Waals surface area (Å²) in [6.45, 7) is 2.04. The number of fused-ring (bicyclic) bond motifs is 2. The van der Waals surface area contributed by atoms with Crippen LogP contribution < -0.4 is 5.32 Å². The number of aromatic amines is 1. The van der Waals surface area contributed by atoms with E-state index in [-0.39, 0.29) is 17.1 Å². The van der Waals surface area contributed by atoms with Gasteiger partial charge in [-0.25, -0.2) is 18.3 Å². The van der Waals surface area contributed by atoms with Crippen molar-refractivity contribution in [3.8, 4) is 11.3 Å². The Hall–Kier alpha value is -4.14. The number of rotatable bonds is 4. The zero-order valence-corrected chi connectivity index (χ0v) is 16.4. The number of aryl methyl sites for hydroxylation is 1. The molecule has 5 rings (SSSR count). The second-order valence-corrected chi connectivity index (χ2v) is 7.02. The number of anilines is 1. The summed E-state index contributed by atoms with van der Waals surface area (Å²) in [4.78, 5) is 16.8. The Morgan fingerprint density at radius 1 is 1.16 bits per heavy atom. The Morgan fingerprint density at radius 3 is 2.74 bits per heavy atom. The lowest BCUT2D eigenvalue weighted by molar-refractivity contribution is 0.102. The number of H-pyrrole nitrogens is 1. The van der Waals surface area contributed by atoms with E-state index in [9.17, 15) is 9.18 Å². The fourth-order valence-corrected chi connectivity index (χ4v) is 3.42. The minimum Gasteiger partial charge on any atom is -0.305 e. The predicted octanol–water partition coefficient (Wildman–Crippen LogP) is 4.37. The van der Waals surface area contributed by atoms with Crippen molar-refractivity contribution in [2.75, 3.05) is 5.32 Å². The summed E-state index contributed by atoms with van der Waals surface area (Å²) in [6.07, 6.45) is 4.24. The molecular weight excluding hydrogens is 402 g/mol. The van der Waals surface area contributed by atoms with E-state index in [4.69, 9.17) is 0 Å². The van der Waals surface area contributed by atoms with E-state index >= 15 is 4.39 Å². The minimum absolute atomic E-state index is 0.135. The van der Waals surface area contributed by atoms with Gasteiger partial charge >= 0.3 is 0 Å². The largest absolute Gasteiger partial charge is 0.305 e. The highest BCUT2D eigenvalue weighted by atomic mass is 19.1. The van der Waals surface area contributed by atoms with Gasteiger partial charge in [0.05, 0.1) is 17.1 Å². The topological polar surface area (TPSA) is 88.0 Å². The Morgan fingerprint density at radius 2 is 1.97 bits per heavy atom. The van der Waals surface area contributed by atoms with Crippen LogP contribution >= 0.6 is 0 Å². The van der Waals surface area contributed by atoms with Crippen molar-refractivity contribution >= 4 is 28.3 Å². The molecule has 9 heteroatoms. The molecule has 0 unspecified atom stereocenters. The van der Waals surface area contributed by atoms with Gasteiger partial charge in [-0.3, -0.25) is 9.89 Å². The highest BCUT2D eigenvalue weighted by Gasteiger charge is 2.18. The second-order valence-electron chi connectivity index (χ2n) is 7.02. The third-order valence-electron chi connectivity index (χ3n) is 5.09. The minimum atomic E-state index is -0.567. The van der Waals surface area contributed by atoms with Crippen LogP contribution in [0.25, 0.3) is 27.8 Å². The highest BCUT2D eigenvalue weighted by Crippen LogP contribution is 2.30. The van der Waals surface area contributed by atoms with Gasteiger partial charge in [-0.05, 0) is 54.4 Å². The number of carbonyl (C=O) groups excluding carboxylic acids is 1. The van der Waals surface area contributed by atoms with Gasteiger partial charge in [-0.2, -0.15) is 10.2 Å². The number of carbonyl (C=O) groups is 1. The van der Waals surface area contributed by atoms with Crippen LogP contribution in [-0.4, -0.2) is 30.7 Å². The van der Waals surface area contributed by atoms with Crippen LogP contribution in [0, 0.1) is 11.6 Å². The molecule has 0 aliphatic heterocycles. The Kier molecular flexibility index (Phi) is 4.43. The van der Waals surface area contributed by atoms with E-state index in [1.165, 1.54) is 30.3 Å². The molecule has 5 aromatic rings. The van der Waals surface area contributed by atoms with E-state index in [0.29, 0.717) is 16.6 Å². The van der Waals surface area contributed by atoms with Crippen LogP contribution in [-0.2, 0) is 6.42 Å². The van der Waals surface area contributed by atoms with Crippen molar-refractivity contribution in [2.45, 2.75) is 13.3 Å². The van der Waals surface area contributed by atoms with Crippen molar-refractivity contribution in [3.05, 3.63) is 77.6 Å². The number of nitrogens with zero attached hydrogens (tertiary/aromatic N) is 4. The quantitative estimate of drug-likeness (QED) is 0.454. The van der Waals surface area contributed by atoms with Gasteiger partial charge in [0, 0.05) is 17.3 Å². The maximum Gasteiger partial charge on any atom is 0.256 e. The van der Waals surface area contributed by atoms with Crippen LogP contribution in [0.1, 0.15) is 22.8 Å². The molecule has 0 fully saturated rings. The molecule has 4 heterocycles. The smallest absolute Gasteiger partial charge is 0.256 e. The van der Waals surface area contributed by atoms with Crippen molar-refractivity contribution in [1.82, 2.24) is 24.8 Å². The molecule has 0 radical (unpaired) electrons. The Balaban J connectivity index is 1.53. The van der Waals surface area contributed by atoms with Gasteiger partial charge in [-0.15, -0.1) is 0 Å². The summed E-state index contributed by atoms with van der Waals surface area (Å²) >= 11 is 0. The van der Waals surface area contributed by atoms with Crippen molar-refractivity contribution in [2.24, 2.45) is 0 Å². The van der Waals surface area contributed by atoms with Gasteiger partial charge in [-0.1, -0.05) is 6.92 Å². The maximum absolute atomic E-state index is 15.1. The van der Waals surface area contributed by atoms with Crippen LogP contribution in [0.15, 0.2) is 54.9 Å². The summed E-state index contributed by atoms with van der Waals surface area (Å²) in [5, 5.41) is 14.0. The lowest BCUT2D eigenvalue weighted by Crippen LogP contribution is -2.12. The van der Waals surface area contributed by atoms with Crippen LogP contribution in [0.2, 0.25) is 0 Å². The molecule has 4 aromatic heterocycles. The number of amides is 1. The molecule has 0 saturated heterocycles. The first-order valence-corrected chi connectivity index (χ1v) is 9.61.